The van der Waals surface area contributed by atoms with Crippen molar-refractivity contribution in [2.45, 2.75) is 82.4 Å². The van der Waals surface area contributed by atoms with E-state index in [1.54, 1.807) is 12.1 Å². The topological polar surface area (TPSA) is 54.4 Å². The van der Waals surface area contributed by atoms with Crippen molar-refractivity contribution in [1.82, 2.24) is 0 Å². The average Bonchev–Trinajstić information content (AvgIpc) is 2.48. The second kappa shape index (κ2) is 13.1. The molecule has 1 aromatic carbocycles. The first kappa shape index (κ1) is 22.8. The Hall–Kier alpha value is -0.247. The van der Waals surface area contributed by atoms with Crippen LogP contribution in [0, 0.1) is 0 Å². The molecule has 0 aliphatic heterocycles. The van der Waals surface area contributed by atoms with Crippen molar-refractivity contribution in [2.75, 3.05) is 0 Å². The van der Waals surface area contributed by atoms with Gasteiger partial charge in [0.2, 0.25) is 0 Å². The Labute approximate surface area is 154 Å². The van der Waals surface area contributed by atoms with Gasteiger partial charge in [-0.1, -0.05) is 82.9 Å². The molecular weight excluding hydrogens is 362 g/mol. The van der Waals surface area contributed by atoms with E-state index in [9.17, 15) is 13.0 Å². The largest absolute Gasteiger partial charge is 0.294 e. The van der Waals surface area contributed by atoms with Gasteiger partial charge < -0.3 is 0 Å². The molecule has 0 fully saturated rings. The Morgan fingerprint density at radius 1 is 0.826 bits per heavy atom. The van der Waals surface area contributed by atoms with Crippen molar-refractivity contribution in [3.8, 4) is 0 Å². The minimum atomic E-state index is -4.10. The summed E-state index contributed by atoms with van der Waals surface area (Å²) in [5, 5.41) is 0. The van der Waals surface area contributed by atoms with E-state index in [4.69, 9.17) is 0 Å². The quantitative estimate of drug-likeness (QED) is 0.295. The maximum atomic E-state index is 11.3. The fourth-order valence-corrected chi connectivity index (χ4v) is 3.52. The van der Waals surface area contributed by atoms with Crippen LogP contribution >= 0.6 is 0 Å². The van der Waals surface area contributed by atoms with Crippen LogP contribution in [0.2, 0.25) is 0 Å². The van der Waals surface area contributed by atoms with Gasteiger partial charge in [-0.3, -0.25) is 4.55 Å². The van der Waals surface area contributed by atoms with Gasteiger partial charge in [0.15, 0.2) is 0 Å². The van der Waals surface area contributed by atoms with Crippen molar-refractivity contribution in [3.05, 3.63) is 29.8 Å². The molecule has 0 atom stereocenters. The summed E-state index contributed by atoms with van der Waals surface area (Å²) in [5.74, 6) is 0. The first-order valence-electron chi connectivity index (χ1n) is 8.61. The zero-order valence-electron chi connectivity index (χ0n) is 14.5. The molecule has 0 saturated heterocycles. The van der Waals surface area contributed by atoms with Gasteiger partial charge in [-0.25, -0.2) is 0 Å². The standard InChI is InChI=1S/C18H30O3S.Zn/c1-2-3-4-5-6-7-8-9-10-11-14-17-15-12-13-16-18(17)22(19,20)21;/h12-13,15-16H,2-11,14H2,1H3,(H,19,20,21);. The van der Waals surface area contributed by atoms with E-state index in [0.717, 1.165) is 18.4 Å². The molecule has 0 aliphatic rings. The maximum absolute atomic E-state index is 11.3. The van der Waals surface area contributed by atoms with Gasteiger partial charge in [0.25, 0.3) is 10.1 Å². The first-order valence-corrected chi connectivity index (χ1v) is 10.0. The van der Waals surface area contributed by atoms with Crippen molar-refractivity contribution < 1.29 is 32.4 Å². The number of benzene rings is 1. The van der Waals surface area contributed by atoms with Crippen molar-refractivity contribution in [1.29, 1.82) is 0 Å². The molecule has 0 saturated carbocycles. The number of unbranched alkanes of at least 4 members (excludes halogenated alkanes) is 9. The third-order valence-corrected chi connectivity index (χ3v) is 5.00. The molecule has 1 rings (SSSR count). The molecule has 3 nitrogen and oxygen atoms in total. The van der Waals surface area contributed by atoms with Crippen LogP contribution in [0.1, 0.15) is 76.7 Å². The molecule has 1 N–H and O–H groups in total. The summed E-state index contributed by atoms with van der Waals surface area (Å²) in [5.41, 5.74) is 0.726. The number of hydrogen-bond donors (Lipinski definition) is 1. The molecule has 128 valence electrons. The van der Waals surface area contributed by atoms with Gasteiger partial charge in [-0.05, 0) is 24.5 Å². The van der Waals surface area contributed by atoms with Crippen molar-refractivity contribution in [2.24, 2.45) is 0 Å². The third-order valence-electron chi connectivity index (χ3n) is 4.05. The van der Waals surface area contributed by atoms with E-state index in [-0.39, 0.29) is 24.4 Å². The smallest absolute Gasteiger partial charge is 0.282 e. The van der Waals surface area contributed by atoms with Gasteiger partial charge in [0.05, 0.1) is 4.90 Å². The van der Waals surface area contributed by atoms with E-state index < -0.39 is 10.1 Å². The summed E-state index contributed by atoms with van der Waals surface area (Å²) in [6.45, 7) is 2.24. The van der Waals surface area contributed by atoms with Crippen molar-refractivity contribution >= 4 is 10.1 Å². The van der Waals surface area contributed by atoms with E-state index >= 15 is 0 Å². The van der Waals surface area contributed by atoms with Gasteiger partial charge >= 0.3 is 0 Å². The molecule has 0 bridgehead atoms. The monoisotopic (exact) mass is 390 g/mol. The molecule has 0 unspecified atom stereocenters. The van der Waals surface area contributed by atoms with Crippen LogP contribution in [0.4, 0.5) is 0 Å². The van der Waals surface area contributed by atoms with E-state index in [1.807, 2.05) is 6.07 Å². The molecule has 0 heterocycles. The van der Waals surface area contributed by atoms with Gasteiger partial charge in [-0.15, -0.1) is 0 Å². The summed E-state index contributed by atoms with van der Waals surface area (Å²) in [4.78, 5) is 0.0610. The molecule has 0 radical (unpaired) electrons. The van der Waals surface area contributed by atoms with E-state index in [1.165, 1.54) is 57.4 Å². The van der Waals surface area contributed by atoms with E-state index in [2.05, 4.69) is 6.92 Å². The van der Waals surface area contributed by atoms with Gasteiger partial charge in [0.1, 0.15) is 0 Å². The molecule has 0 aromatic heterocycles. The normalized spacial score (nSPS) is 11.2. The summed E-state index contributed by atoms with van der Waals surface area (Å²) >= 11 is 0. The Balaban J connectivity index is 0.00000484. The number of hydrogen-bond acceptors (Lipinski definition) is 2. The average molecular weight is 392 g/mol. The third kappa shape index (κ3) is 10.3. The van der Waals surface area contributed by atoms with Crippen LogP contribution in [0.25, 0.3) is 0 Å². The first-order chi connectivity index (χ1) is 10.6. The molecule has 23 heavy (non-hydrogen) atoms. The van der Waals surface area contributed by atoms with Crippen LogP contribution in [0.15, 0.2) is 29.2 Å². The van der Waals surface area contributed by atoms with Crippen molar-refractivity contribution in [3.63, 3.8) is 0 Å². The predicted molar refractivity (Wildman–Crippen MR) is 91.8 cm³/mol. The van der Waals surface area contributed by atoms with Crippen LogP contribution in [-0.4, -0.2) is 13.0 Å². The molecule has 5 heteroatoms. The van der Waals surface area contributed by atoms with E-state index in [0.29, 0.717) is 6.42 Å². The van der Waals surface area contributed by atoms with Crippen LogP contribution < -0.4 is 0 Å². The van der Waals surface area contributed by atoms with Crippen LogP contribution in [-0.2, 0) is 36.0 Å². The molecule has 0 aliphatic carbocycles. The Kier molecular flexibility index (Phi) is 12.9. The Morgan fingerprint density at radius 3 is 1.83 bits per heavy atom. The minimum absolute atomic E-state index is 0. The zero-order chi connectivity index (χ0) is 16.3. The second-order valence-electron chi connectivity index (χ2n) is 6.01. The van der Waals surface area contributed by atoms with Crippen LogP contribution in [0.3, 0.4) is 0 Å². The molecule has 0 amide bonds. The van der Waals surface area contributed by atoms with Crippen LogP contribution in [0.5, 0.6) is 0 Å². The van der Waals surface area contributed by atoms with Gasteiger partial charge in [0, 0.05) is 19.5 Å². The SMILES string of the molecule is CCCCCCCCCCCCc1ccccc1S(=O)(=O)O.[Zn]. The number of aryl methyl sites for hydroxylation is 1. The fraction of sp³-hybridized carbons (Fsp3) is 0.667. The number of rotatable bonds is 12. The Bertz CT molecular complexity index is 515. The summed E-state index contributed by atoms with van der Waals surface area (Å²) < 4.78 is 31.8. The zero-order valence-corrected chi connectivity index (χ0v) is 18.3. The fourth-order valence-electron chi connectivity index (χ4n) is 2.76. The maximum Gasteiger partial charge on any atom is 0.294 e. The van der Waals surface area contributed by atoms with Gasteiger partial charge in [-0.2, -0.15) is 8.42 Å². The molecular formula is C18H30O3SZn. The predicted octanol–water partition coefficient (Wildman–Crippen LogP) is 5.39. The summed E-state index contributed by atoms with van der Waals surface area (Å²) in [6.07, 6.45) is 13.3. The second-order valence-corrected chi connectivity index (χ2v) is 7.40. The minimum Gasteiger partial charge on any atom is -0.282 e. The molecule has 0 spiro atoms. The summed E-state index contributed by atoms with van der Waals surface area (Å²) in [7, 11) is -4.10. The molecule has 1 aromatic rings. The Morgan fingerprint density at radius 2 is 1.30 bits per heavy atom. The summed E-state index contributed by atoms with van der Waals surface area (Å²) in [6, 6.07) is 6.73.